The lowest BCUT2D eigenvalue weighted by molar-refractivity contribution is -0.141. The van der Waals surface area contributed by atoms with Gasteiger partial charge in [0.1, 0.15) is 6.04 Å². The molecule has 1 unspecified atom stereocenters. The summed E-state index contributed by atoms with van der Waals surface area (Å²) >= 11 is 0. The fourth-order valence-electron chi connectivity index (χ4n) is 2.96. The van der Waals surface area contributed by atoms with Gasteiger partial charge in [-0.2, -0.15) is 0 Å². The van der Waals surface area contributed by atoms with Crippen LogP contribution in [0.4, 0.5) is 4.79 Å². The molecule has 1 aliphatic carbocycles. The highest BCUT2D eigenvalue weighted by atomic mass is 16.4. The number of carboxylic acid groups (broad SMARTS) is 1. The van der Waals surface area contributed by atoms with Crippen LogP contribution in [0, 0.1) is 5.41 Å². The Morgan fingerprint density at radius 1 is 1.39 bits per heavy atom. The summed E-state index contributed by atoms with van der Waals surface area (Å²) in [6, 6.07) is -0.844. The van der Waals surface area contributed by atoms with Gasteiger partial charge >= 0.3 is 12.0 Å². The zero-order valence-electron chi connectivity index (χ0n) is 10.9. The molecule has 2 fully saturated rings. The van der Waals surface area contributed by atoms with Gasteiger partial charge in [0, 0.05) is 13.1 Å². The van der Waals surface area contributed by atoms with Gasteiger partial charge in [-0.15, -0.1) is 0 Å². The van der Waals surface area contributed by atoms with Crippen LogP contribution in [0.3, 0.4) is 0 Å². The quantitative estimate of drug-likeness (QED) is 0.804. The first-order chi connectivity index (χ1) is 8.58. The maximum atomic E-state index is 12.0. The van der Waals surface area contributed by atoms with E-state index in [1.54, 1.807) is 0 Å². The molecular formula is C13H22N2O3. The second kappa shape index (κ2) is 5.16. The van der Waals surface area contributed by atoms with Crippen molar-refractivity contribution >= 4 is 12.0 Å². The first-order valence-electron chi connectivity index (χ1n) is 6.85. The van der Waals surface area contributed by atoms with Crippen molar-refractivity contribution in [1.29, 1.82) is 0 Å². The van der Waals surface area contributed by atoms with Gasteiger partial charge in [0.2, 0.25) is 0 Å². The number of aliphatic carboxylic acids is 1. The molecule has 18 heavy (non-hydrogen) atoms. The van der Waals surface area contributed by atoms with E-state index >= 15 is 0 Å². The van der Waals surface area contributed by atoms with Gasteiger partial charge < -0.3 is 15.3 Å². The second-order valence-electron chi connectivity index (χ2n) is 5.56. The highest BCUT2D eigenvalue weighted by molar-refractivity contribution is 5.83. The van der Waals surface area contributed by atoms with Crippen molar-refractivity contribution in [3.63, 3.8) is 0 Å². The van der Waals surface area contributed by atoms with Crippen LogP contribution < -0.4 is 5.32 Å². The second-order valence-corrected chi connectivity index (χ2v) is 5.56. The Hall–Kier alpha value is -1.26. The molecule has 2 aliphatic rings. The molecule has 1 aliphatic heterocycles. The average molecular weight is 254 g/mol. The summed E-state index contributed by atoms with van der Waals surface area (Å²) in [6.07, 6.45) is 6.02. The van der Waals surface area contributed by atoms with Gasteiger partial charge in [-0.3, -0.25) is 0 Å². The predicted molar refractivity (Wildman–Crippen MR) is 67.3 cm³/mol. The van der Waals surface area contributed by atoms with E-state index in [0.29, 0.717) is 19.5 Å². The van der Waals surface area contributed by atoms with E-state index in [4.69, 9.17) is 5.11 Å². The van der Waals surface area contributed by atoms with Crippen LogP contribution in [0.2, 0.25) is 0 Å². The third-order valence-electron chi connectivity index (χ3n) is 4.58. The Balaban J connectivity index is 1.86. The molecular weight excluding hydrogens is 232 g/mol. The van der Waals surface area contributed by atoms with Crippen LogP contribution in [0.5, 0.6) is 0 Å². The lowest BCUT2D eigenvalue weighted by Gasteiger charge is -2.41. The molecule has 1 heterocycles. The lowest BCUT2D eigenvalue weighted by Crippen LogP contribution is -2.50. The number of carbonyl (C=O) groups excluding carboxylic acids is 1. The van der Waals surface area contributed by atoms with Crippen molar-refractivity contribution in [2.75, 3.05) is 13.1 Å². The van der Waals surface area contributed by atoms with Crippen molar-refractivity contribution in [2.24, 2.45) is 5.41 Å². The molecule has 1 saturated heterocycles. The average Bonchev–Trinajstić information content (AvgIpc) is 2.76. The van der Waals surface area contributed by atoms with E-state index in [-0.39, 0.29) is 11.4 Å². The molecule has 0 aromatic rings. The molecule has 0 aromatic carbocycles. The van der Waals surface area contributed by atoms with E-state index in [0.717, 1.165) is 12.8 Å². The molecule has 1 atom stereocenters. The zero-order chi connectivity index (χ0) is 13.2. The molecule has 5 heteroatoms. The smallest absolute Gasteiger partial charge is 0.326 e. The first-order valence-corrected chi connectivity index (χ1v) is 6.85. The maximum absolute atomic E-state index is 12.0. The van der Waals surface area contributed by atoms with Gasteiger partial charge in [-0.05, 0) is 37.5 Å². The summed E-state index contributed by atoms with van der Waals surface area (Å²) in [6.45, 7) is 3.40. The number of hydrogen-bond donors (Lipinski definition) is 2. The fourth-order valence-corrected chi connectivity index (χ4v) is 2.96. The standard InChI is InChI=1S/C13H22N2O3/c1-2-13(6-4-7-13)9-14-12(18)15-8-3-5-10(15)11(16)17/h10H,2-9H2,1H3,(H,14,18)(H,16,17). The Kier molecular flexibility index (Phi) is 3.78. The predicted octanol–water partition coefficient (Wildman–Crippen LogP) is 1.83. The summed E-state index contributed by atoms with van der Waals surface area (Å²) in [7, 11) is 0. The summed E-state index contributed by atoms with van der Waals surface area (Å²) in [5.74, 6) is -0.892. The van der Waals surface area contributed by atoms with Crippen molar-refractivity contribution in [3.05, 3.63) is 0 Å². The Morgan fingerprint density at radius 2 is 2.11 bits per heavy atom. The Bertz CT molecular complexity index is 334. The number of nitrogens with one attached hydrogen (secondary N) is 1. The molecule has 0 radical (unpaired) electrons. The van der Waals surface area contributed by atoms with Crippen LogP contribution in [0.25, 0.3) is 0 Å². The lowest BCUT2D eigenvalue weighted by atomic mass is 9.67. The largest absolute Gasteiger partial charge is 0.480 e. The van der Waals surface area contributed by atoms with Gasteiger partial charge in [-0.1, -0.05) is 13.3 Å². The monoisotopic (exact) mass is 254 g/mol. The molecule has 2 rings (SSSR count). The summed E-state index contributed by atoms with van der Waals surface area (Å²) < 4.78 is 0. The minimum atomic E-state index is -0.892. The number of hydrogen-bond acceptors (Lipinski definition) is 2. The number of carboxylic acids is 1. The van der Waals surface area contributed by atoms with Crippen LogP contribution in [0.15, 0.2) is 0 Å². The van der Waals surface area contributed by atoms with Crippen LogP contribution in [0.1, 0.15) is 45.4 Å². The highest BCUT2D eigenvalue weighted by Crippen LogP contribution is 2.43. The SMILES string of the molecule is CCC1(CNC(=O)N2CCCC2C(=O)O)CCC1. The number of rotatable bonds is 4. The Labute approximate surface area is 108 Å². The molecule has 1 saturated carbocycles. The van der Waals surface area contributed by atoms with E-state index in [1.165, 1.54) is 24.2 Å². The summed E-state index contributed by atoms with van der Waals surface area (Å²) in [5.41, 5.74) is 0.272. The van der Waals surface area contributed by atoms with Gasteiger partial charge in [0.05, 0.1) is 0 Å². The van der Waals surface area contributed by atoms with Crippen molar-refractivity contribution in [3.8, 4) is 0 Å². The third-order valence-corrected chi connectivity index (χ3v) is 4.58. The van der Waals surface area contributed by atoms with Crippen molar-refractivity contribution in [1.82, 2.24) is 10.2 Å². The number of amides is 2. The van der Waals surface area contributed by atoms with E-state index in [9.17, 15) is 9.59 Å². The Morgan fingerprint density at radius 3 is 2.61 bits per heavy atom. The number of likely N-dealkylation sites (tertiary alicyclic amines) is 1. The number of carbonyl (C=O) groups is 2. The normalized spacial score (nSPS) is 25.6. The van der Waals surface area contributed by atoms with E-state index in [2.05, 4.69) is 12.2 Å². The van der Waals surface area contributed by atoms with Crippen LogP contribution in [-0.4, -0.2) is 41.1 Å². The first kappa shape index (κ1) is 13.2. The summed E-state index contributed by atoms with van der Waals surface area (Å²) in [4.78, 5) is 24.5. The molecule has 0 aromatic heterocycles. The summed E-state index contributed by atoms with van der Waals surface area (Å²) in [5, 5.41) is 12.0. The van der Waals surface area contributed by atoms with Crippen LogP contribution >= 0.6 is 0 Å². The molecule has 2 amide bonds. The number of nitrogens with zero attached hydrogens (tertiary/aromatic N) is 1. The molecule has 0 spiro atoms. The molecule has 0 bridgehead atoms. The molecule has 102 valence electrons. The van der Waals surface area contributed by atoms with Crippen LogP contribution in [-0.2, 0) is 4.79 Å². The van der Waals surface area contributed by atoms with E-state index < -0.39 is 12.0 Å². The molecule has 5 nitrogen and oxygen atoms in total. The third kappa shape index (κ3) is 2.44. The maximum Gasteiger partial charge on any atom is 0.326 e. The van der Waals surface area contributed by atoms with Crippen molar-refractivity contribution < 1.29 is 14.7 Å². The highest BCUT2D eigenvalue weighted by Gasteiger charge is 2.38. The van der Waals surface area contributed by atoms with Gasteiger partial charge in [-0.25, -0.2) is 9.59 Å². The minimum absolute atomic E-state index is 0.209. The zero-order valence-corrected chi connectivity index (χ0v) is 10.9. The fraction of sp³-hybridized carbons (Fsp3) is 0.846. The minimum Gasteiger partial charge on any atom is -0.480 e. The van der Waals surface area contributed by atoms with E-state index in [1.807, 2.05) is 0 Å². The van der Waals surface area contributed by atoms with Gasteiger partial charge in [0.15, 0.2) is 0 Å². The van der Waals surface area contributed by atoms with Crippen molar-refractivity contribution in [2.45, 2.75) is 51.5 Å². The topological polar surface area (TPSA) is 69.6 Å². The molecule has 2 N–H and O–H groups in total. The van der Waals surface area contributed by atoms with Gasteiger partial charge in [0.25, 0.3) is 0 Å². The number of urea groups is 1.